The lowest BCUT2D eigenvalue weighted by Gasteiger charge is -2.39. The topological polar surface area (TPSA) is 138 Å². The molecule has 170 valence electrons. The zero-order valence-corrected chi connectivity index (χ0v) is 19.2. The quantitative estimate of drug-likeness (QED) is 0.400. The third kappa shape index (κ3) is 5.01. The van der Waals surface area contributed by atoms with Crippen LogP contribution < -0.4 is 10.5 Å². The maximum atomic E-state index is 10.1. The van der Waals surface area contributed by atoms with Gasteiger partial charge in [0, 0.05) is 10.0 Å². The first kappa shape index (κ1) is 23.2. The molecule has 6 N–H and O–H groups in total. The van der Waals surface area contributed by atoms with Crippen LogP contribution in [0.5, 0.6) is 5.75 Å². The van der Waals surface area contributed by atoms with Gasteiger partial charge in [0.15, 0.2) is 5.17 Å². The molecule has 2 aromatic carbocycles. The number of aliphatic hydroxyl groups excluding tert-OH is 4. The standard InChI is InChI=1S/C22H23BrN2O6S/c23-13-5-1-11(2-6-13)15-9-17(32-22(24)25-15)12-3-7-14(8-4-12)30-21-20(29)19(28)18(27)16(10-26)31-21/h1-9,16-21,26-29H,10H2,(H2,24,25)/t16-,17?,18-,19-,20-,21-/m1/s1. The van der Waals surface area contributed by atoms with E-state index in [9.17, 15) is 20.4 Å². The first-order valence-corrected chi connectivity index (χ1v) is 11.6. The number of aliphatic imine (C=N–C) groups is 1. The molecule has 2 aliphatic rings. The Bertz CT molecular complexity index is 998. The Morgan fingerprint density at radius 2 is 1.69 bits per heavy atom. The predicted octanol–water partition coefficient (Wildman–Crippen LogP) is 1.77. The Morgan fingerprint density at radius 3 is 2.34 bits per heavy atom. The summed E-state index contributed by atoms with van der Waals surface area (Å²) in [6, 6.07) is 15.0. The minimum Gasteiger partial charge on any atom is -0.462 e. The number of amidine groups is 1. The molecule has 1 fully saturated rings. The predicted molar refractivity (Wildman–Crippen MR) is 125 cm³/mol. The Morgan fingerprint density at radius 1 is 1.00 bits per heavy atom. The highest BCUT2D eigenvalue weighted by Gasteiger charge is 2.44. The van der Waals surface area contributed by atoms with Crippen LogP contribution in [0.2, 0.25) is 0 Å². The average Bonchev–Trinajstić information content (AvgIpc) is 2.80. The second-order valence-corrected chi connectivity index (χ2v) is 9.51. The van der Waals surface area contributed by atoms with Gasteiger partial charge in [-0.25, -0.2) is 4.99 Å². The van der Waals surface area contributed by atoms with Gasteiger partial charge in [-0.15, -0.1) is 0 Å². The Hall–Kier alpha value is -1.92. The van der Waals surface area contributed by atoms with Gasteiger partial charge < -0.3 is 35.6 Å². The minimum atomic E-state index is -1.49. The van der Waals surface area contributed by atoms with Crippen molar-refractivity contribution < 1.29 is 29.9 Å². The van der Waals surface area contributed by atoms with Gasteiger partial charge in [0.2, 0.25) is 6.29 Å². The Kier molecular flexibility index (Phi) is 7.21. The number of aliphatic hydroxyl groups is 4. The van der Waals surface area contributed by atoms with Crippen LogP contribution in [0, 0.1) is 0 Å². The van der Waals surface area contributed by atoms with Crippen LogP contribution in [0.25, 0.3) is 5.70 Å². The van der Waals surface area contributed by atoms with Gasteiger partial charge in [0.05, 0.1) is 17.6 Å². The second kappa shape index (κ2) is 9.92. The molecule has 1 saturated heterocycles. The van der Waals surface area contributed by atoms with Gasteiger partial charge in [0.1, 0.15) is 30.2 Å². The van der Waals surface area contributed by atoms with E-state index in [1.165, 1.54) is 11.8 Å². The maximum absolute atomic E-state index is 10.1. The molecule has 0 aliphatic carbocycles. The number of hydrogen-bond acceptors (Lipinski definition) is 9. The van der Waals surface area contributed by atoms with E-state index in [-0.39, 0.29) is 5.25 Å². The number of nitrogens with zero attached hydrogens (tertiary/aromatic N) is 1. The molecule has 0 aromatic heterocycles. The van der Waals surface area contributed by atoms with E-state index in [1.807, 2.05) is 42.5 Å². The summed E-state index contributed by atoms with van der Waals surface area (Å²) in [6.45, 7) is -0.515. The van der Waals surface area contributed by atoms with E-state index in [0.717, 1.165) is 21.3 Å². The third-order valence-electron chi connectivity index (χ3n) is 5.24. The van der Waals surface area contributed by atoms with Gasteiger partial charge in [0.25, 0.3) is 0 Å². The summed E-state index contributed by atoms with van der Waals surface area (Å²) < 4.78 is 12.0. The molecule has 1 unspecified atom stereocenters. The van der Waals surface area contributed by atoms with Gasteiger partial charge in [-0.1, -0.05) is 52.0 Å². The van der Waals surface area contributed by atoms with Gasteiger partial charge in [-0.3, -0.25) is 0 Å². The molecule has 4 rings (SSSR count). The van der Waals surface area contributed by atoms with E-state index in [1.54, 1.807) is 12.1 Å². The summed E-state index contributed by atoms with van der Waals surface area (Å²) in [4.78, 5) is 4.46. The molecular weight excluding hydrogens is 500 g/mol. The molecule has 0 radical (unpaired) electrons. The minimum absolute atomic E-state index is 0.0487. The van der Waals surface area contributed by atoms with Crippen molar-refractivity contribution in [3.8, 4) is 5.75 Å². The number of halogens is 1. The third-order valence-corrected chi connectivity index (χ3v) is 6.76. The molecule has 10 heteroatoms. The van der Waals surface area contributed by atoms with Crippen LogP contribution in [-0.2, 0) is 4.74 Å². The molecule has 2 aromatic rings. The summed E-state index contributed by atoms with van der Waals surface area (Å²) in [7, 11) is 0. The maximum Gasteiger partial charge on any atom is 0.229 e. The van der Waals surface area contributed by atoms with Crippen LogP contribution in [0.4, 0.5) is 0 Å². The summed E-state index contributed by atoms with van der Waals surface area (Å²) in [5.74, 6) is 0.401. The van der Waals surface area contributed by atoms with Crippen LogP contribution in [0.1, 0.15) is 16.4 Å². The monoisotopic (exact) mass is 522 g/mol. The first-order chi connectivity index (χ1) is 15.4. The Balaban J connectivity index is 1.48. The highest BCUT2D eigenvalue weighted by Crippen LogP contribution is 2.38. The molecule has 2 aliphatic heterocycles. The first-order valence-electron chi connectivity index (χ1n) is 9.91. The fraction of sp³-hybridized carbons (Fsp3) is 0.318. The lowest BCUT2D eigenvalue weighted by Crippen LogP contribution is -2.60. The fourth-order valence-corrected chi connectivity index (χ4v) is 4.64. The van der Waals surface area contributed by atoms with Crippen LogP contribution in [0.15, 0.2) is 64.1 Å². The molecule has 0 saturated carbocycles. The van der Waals surface area contributed by atoms with Gasteiger partial charge >= 0.3 is 0 Å². The van der Waals surface area contributed by atoms with Crippen molar-refractivity contribution in [1.82, 2.24) is 0 Å². The molecule has 6 atom stereocenters. The van der Waals surface area contributed by atoms with Crippen molar-refractivity contribution in [2.45, 2.75) is 36.0 Å². The Labute approximate surface area is 197 Å². The molecule has 8 nitrogen and oxygen atoms in total. The van der Waals surface area contributed by atoms with Crippen molar-refractivity contribution in [2.24, 2.45) is 10.7 Å². The lowest BCUT2D eigenvalue weighted by atomic mass is 9.99. The van der Waals surface area contributed by atoms with Crippen molar-refractivity contribution in [3.63, 3.8) is 0 Å². The number of ether oxygens (including phenoxy) is 2. The van der Waals surface area contributed by atoms with E-state index < -0.39 is 37.3 Å². The molecule has 0 spiro atoms. The largest absolute Gasteiger partial charge is 0.462 e. The smallest absolute Gasteiger partial charge is 0.229 e. The normalized spacial score (nSPS) is 30.4. The van der Waals surface area contributed by atoms with Crippen molar-refractivity contribution in [2.75, 3.05) is 6.61 Å². The number of nitrogens with two attached hydrogens (primary N) is 1. The zero-order chi connectivity index (χ0) is 22.8. The molecule has 32 heavy (non-hydrogen) atoms. The average molecular weight is 523 g/mol. The molecule has 0 amide bonds. The van der Waals surface area contributed by atoms with E-state index in [2.05, 4.69) is 20.9 Å². The van der Waals surface area contributed by atoms with Gasteiger partial charge in [-0.05, 0) is 35.9 Å². The van der Waals surface area contributed by atoms with Crippen molar-refractivity contribution >= 4 is 38.6 Å². The highest BCUT2D eigenvalue weighted by molar-refractivity contribution is 9.10. The van der Waals surface area contributed by atoms with Gasteiger partial charge in [-0.2, -0.15) is 0 Å². The lowest BCUT2D eigenvalue weighted by molar-refractivity contribution is -0.277. The summed E-state index contributed by atoms with van der Waals surface area (Å²) in [5, 5.41) is 39.7. The number of hydrogen-bond donors (Lipinski definition) is 5. The van der Waals surface area contributed by atoms with E-state index in [4.69, 9.17) is 15.2 Å². The summed E-state index contributed by atoms with van der Waals surface area (Å²) >= 11 is 4.86. The summed E-state index contributed by atoms with van der Waals surface area (Å²) in [5.41, 5.74) is 8.80. The van der Waals surface area contributed by atoms with Crippen LogP contribution >= 0.6 is 27.7 Å². The molecule has 2 heterocycles. The summed E-state index contributed by atoms with van der Waals surface area (Å²) in [6.07, 6.45) is -4.60. The fourth-order valence-electron chi connectivity index (χ4n) is 3.47. The zero-order valence-electron chi connectivity index (χ0n) is 16.8. The van der Waals surface area contributed by atoms with Crippen molar-refractivity contribution in [1.29, 1.82) is 0 Å². The van der Waals surface area contributed by atoms with E-state index in [0.29, 0.717) is 10.9 Å². The number of thioether (sulfide) groups is 1. The number of benzene rings is 2. The van der Waals surface area contributed by atoms with Crippen LogP contribution in [-0.4, -0.2) is 62.9 Å². The SMILES string of the molecule is NC1=NC(c2ccc(Br)cc2)=CC(c2ccc(O[C@@H]3O[C@H](CO)[C@@H](O)[C@@H](O)[C@H]3O)cc2)S1. The highest BCUT2D eigenvalue weighted by atomic mass is 79.9. The second-order valence-electron chi connectivity index (χ2n) is 7.43. The molecular formula is C22H23BrN2O6S. The van der Waals surface area contributed by atoms with Crippen LogP contribution in [0.3, 0.4) is 0 Å². The molecule has 0 bridgehead atoms. The van der Waals surface area contributed by atoms with E-state index >= 15 is 0 Å². The number of rotatable bonds is 5. The van der Waals surface area contributed by atoms with Crippen molar-refractivity contribution in [3.05, 3.63) is 70.2 Å².